The van der Waals surface area contributed by atoms with Crippen LogP contribution in [0.1, 0.15) is 80.1 Å². The first-order valence-corrected chi connectivity index (χ1v) is 20.9. The second-order valence-electron chi connectivity index (χ2n) is 13.7. The van der Waals surface area contributed by atoms with E-state index < -0.39 is 23.0 Å². The lowest BCUT2D eigenvalue weighted by atomic mass is 9.50. The first-order valence-electron chi connectivity index (χ1n) is 11.4. The molecule has 1 radical (unpaired) electrons. The van der Waals surface area contributed by atoms with Crippen LogP contribution in [0.15, 0.2) is 0 Å². The summed E-state index contributed by atoms with van der Waals surface area (Å²) in [6.07, 6.45) is 8.10. The van der Waals surface area contributed by atoms with Crippen LogP contribution < -0.4 is 0 Å². The fourth-order valence-corrected chi connectivity index (χ4v) is 46.8. The third-order valence-electron chi connectivity index (χ3n) is 9.75. The summed E-state index contributed by atoms with van der Waals surface area (Å²) in [4.78, 5) is 14.7. The lowest BCUT2D eigenvalue weighted by Gasteiger charge is -2.60. The first-order chi connectivity index (χ1) is 12.0. The van der Waals surface area contributed by atoms with Crippen LogP contribution in [0.3, 0.4) is 0 Å². The van der Waals surface area contributed by atoms with Crippen LogP contribution in [0.2, 0.25) is 36.3 Å². The van der Waals surface area contributed by atoms with E-state index in [0.29, 0.717) is 10.1 Å². The van der Waals surface area contributed by atoms with E-state index in [1.807, 2.05) is 0 Å². The van der Waals surface area contributed by atoms with Crippen LogP contribution in [0, 0.1) is 23.2 Å². The quantitative estimate of drug-likeness (QED) is 0.447. The summed E-state index contributed by atoms with van der Waals surface area (Å²) in [5.74, 6) is 2.63. The van der Waals surface area contributed by atoms with E-state index in [2.05, 4.69) is 67.7 Å². The van der Waals surface area contributed by atoms with Gasteiger partial charge >= 0.3 is 0 Å². The molecule has 4 rings (SSSR count). The molecule has 4 fully saturated rings. The van der Waals surface area contributed by atoms with Crippen molar-refractivity contribution in [3.63, 3.8) is 0 Å². The summed E-state index contributed by atoms with van der Waals surface area (Å²) in [7, 11) is -4.37. The van der Waals surface area contributed by atoms with Gasteiger partial charge < -0.3 is 4.79 Å². The minimum absolute atomic E-state index is 0.105. The standard InChI is InChI=1S/C23H45OSi3/c1-21(2,3)26(7,8)25(27(9,10)22(4,5)6)20(24)23-14-17-11-18(15-23)13-19(12-17)16-23/h17-19H,11-16H2,1-10H3. The Hall–Kier alpha value is 0.321. The van der Waals surface area contributed by atoms with Gasteiger partial charge in [-0.25, -0.2) is 0 Å². The molecule has 0 aromatic carbocycles. The molecule has 0 amide bonds. The maximum Gasteiger partial charge on any atom is 0.119 e. The van der Waals surface area contributed by atoms with Gasteiger partial charge in [0, 0.05) is 5.41 Å². The molecule has 4 aliphatic rings. The Morgan fingerprint density at radius 3 is 1.30 bits per heavy atom. The van der Waals surface area contributed by atoms with Gasteiger partial charge in [0.2, 0.25) is 0 Å². The molecular weight excluding hydrogens is 377 g/mol. The smallest absolute Gasteiger partial charge is 0.119 e. The molecule has 0 atom stereocenters. The lowest BCUT2D eigenvalue weighted by molar-refractivity contribution is -0.135. The normalized spacial score (nSPS) is 34.4. The summed E-state index contributed by atoms with van der Waals surface area (Å²) >= 11 is 0. The molecule has 1 nitrogen and oxygen atoms in total. The highest BCUT2D eigenvalue weighted by atomic mass is 29.6. The molecule has 0 N–H and O–H groups in total. The number of carbonyl (C=O) groups excluding carboxylic acids is 1. The molecule has 0 unspecified atom stereocenters. The number of hydrogen-bond donors (Lipinski definition) is 0. The summed E-state index contributed by atoms with van der Waals surface area (Å²) < 4.78 is 0. The van der Waals surface area contributed by atoms with Crippen molar-refractivity contribution in [2.24, 2.45) is 23.2 Å². The van der Waals surface area contributed by atoms with Crippen LogP contribution in [0.5, 0.6) is 0 Å². The van der Waals surface area contributed by atoms with E-state index in [1.54, 1.807) is 0 Å². The SMILES string of the molecule is CC(C)(C)[Si](C)(C)[Si](C(=O)C12CC3CC(CC(C3)C1)C2)[Si](C)(C)C(C)(C)C. The van der Waals surface area contributed by atoms with Crippen molar-refractivity contribution in [2.75, 3.05) is 0 Å². The van der Waals surface area contributed by atoms with E-state index >= 15 is 0 Å². The first kappa shape index (κ1) is 22.0. The Bertz CT molecular complexity index is 545. The van der Waals surface area contributed by atoms with E-state index in [1.165, 1.54) is 38.5 Å². The molecule has 4 aliphatic carbocycles. The van der Waals surface area contributed by atoms with Gasteiger partial charge in [0.25, 0.3) is 0 Å². The molecule has 0 aromatic rings. The van der Waals surface area contributed by atoms with Crippen LogP contribution in [0.25, 0.3) is 0 Å². The van der Waals surface area contributed by atoms with Crippen LogP contribution in [-0.4, -0.2) is 28.4 Å². The predicted octanol–water partition coefficient (Wildman–Crippen LogP) is 6.98. The fourth-order valence-electron chi connectivity index (χ4n) is 6.75. The lowest BCUT2D eigenvalue weighted by Crippen LogP contribution is -2.74. The molecule has 0 aromatic heterocycles. The molecule has 0 heterocycles. The molecule has 0 spiro atoms. The monoisotopic (exact) mass is 421 g/mol. The average molecular weight is 422 g/mol. The van der Waals surface area contributed by atoms with Crippen LogP contribution >= 0.6 is 0 Å². The van der Waals surface area contributed by atoms with Crippen molar-refractivity contribution in [3.05, 3.63) is 0 Å². The van der Waals surface area contributed by atoms with Crippen molar-refractivity contribution in [1.82, 2.24) is 0 Å². The van der Waals surface area contributed by atoms with Crippen molar-refractivity contribution in [1.29, 1.82) is 0 Å². The van der Waals surface area contributed by atoms with Crippen molar-refractivity contribution >= 4 is 28.4 Å². The summed E-state index contributed by atoms with van der Waals surface area (Å²) in [5.41, 5.74) is 0.105. The molecule has 4 saturated carbocycles. The number of rotatable bonds is 4. The predicted molar refractivity (Wildman–Crippen MR) is 126 cm³/mol. The Balaban J connectivity index is 2.07. The largest absolute Gasteiger partial charge is 0.306 e. The molecule has 0 aliphatic heterocycles. The summed E-state index contributed by atoms with van der Waals surface area (Å²) in [6.45, 7) is 25.1. The highest BCUT2D eigenvalue weighted by molar-refractivity contribution is 7.70. The van der Waals surface area contributed by atoms with Crippen molar-refractivity contribution in [2.45, 2.75) is 116 Å². The zero-order valence-electron chi connectivity index (χ0n) is 19.9. The molecule has 4 heteroatoms. The van der Waals surface area contributed by atoms with Gasteiger partial charge in [-0.2, -0.15) is 0 Å². The van der Waals surface area contributed by atoms with E-state index in [9.17, 15) is 4.79 Å². The highest BCUT2D eigenvalue weighted by Gasteiger charge is 2.64. The van der Waals surface area contributed by atoms with Gasteiger partial charge in [0.15, 0.2) is 0 Å². The Labute approximate surface area is 172 Å². The van der Waals surface area contributed by atoms with E-state index in [4.69, 9.17) is 0 Å². The van der Waals surface area contributed by atoms with Crippen molar-refractivity contribution < 1.29 is 4.79 Å². The average Bonchev–Trinajstić information content (AvgIpc) is 2.42. The molecule has 27 heavy (non-hydrogen) atoms. The summed E-state index contributed by atoms with van der Waals surface area (Å²) in [6, 6.07) is 0. The zero-order valence-corrected chi connectivity index (χ0v) is 22.9. The van der Waals surface area contributed by atoms with E-state index in [-0.39, 0.29) is 5.41 Å². The third-order valence-corrected chi connectivity index (χ3v) is 45.3. The van der Waals surface area contributed by atoms with Gasteiger partial charge in [-0.15, -0.1) is 0 Å². The van der Waals surface area contributed by atoms with Crippen molar-refractivity contribution in [3.8, 4) is 0 Å². The van der Waals surface area contributed by atoms with Gasteiger partial charge in [-0.3, -0.25) is 0 Å². The van der Waals surface area contributed by atoms with Gasteiger partial charge in [-0.05, 0) is 66.4 Å². The van der Waals surface area contributed by atoms with Crippen LogP contribution in [-0.2, 0) is 4.79 Å². The Morgan fingerprint density at radius 1 is 0.741 bits per heavy atom. The fraction of sp³-hybridized carbons (Fsp3) is 0.957. The van der Waals surface area contributed by atoms with Crippen LogP contribution in [0.4, 0.5) is 0 Å². The minimum atomic E-state index is -1.68. The molecular formula is C23H45OSi3. The maximum absolute atomic E-state index is 14.7. The van der Waals surface area contributed by atoms with Gasteiger partial charge in [-0.1, -0.05) is 67.7 Å². The zero-order chi connectivity index (χ0) is 20.6. The second kappa shape index (κ2) is 6.41. The minimum Gasteiger partial charge on any atom is -0.306 e. The third kappa shape index (κ3) is 3.44. The maximum atomic E-state index is 14.7. The Morgan fingerprint density at radius 2 is 1.04 bits per heavy atom. The molecule has 4 bridgehead atoms. The molecule has 155 valence electrons. The second-order valence-corrected chi connectivity index (χ2v) is 36.4. The summed E-state index contributed by atoms with van der Waals surface area (Å²) in [5, 5.41) is 1.49. The van der Waals surface area contributed by atoms with Gasteiger partial charge in [0.1, 0.15) is 13.2 Å². The topological polar surface area (TPSA) is 17.1 Å². The number of carbonyl (C=O) groups is 1. The van der Waals surface area contributed by atoms with E-state index in [0.717, 1.165) is 23.2 Å². The highest BCUT2D eigenvalue weighted by Crippen LogP contribution is 2.62. The molecule has 0 saturated heterocycles. The Kier molecular flexibility index (Phi) is 5.22. The van der Waals surface area contributed by atoms with Gasteiger partial charge in [0.05, 0.1) is 15.2 Å². The number of hydrogen-bond acceptors (Lipinski definition) is 1.